The third kappa shape index (κ3) is 7.60. The molecule has 0 spiro atoms. The molecular weight excluding hydrogens is 240 g/mol. The minimum atomic E-state index is -1.81. The van der Waals surface area contributed by atoms with Gasteiger partial charge in [-0.1, -0.05) is 32.6 Å². The van der Waals surface area contributed by atoms with Crippen molar-refractivity contribution in [2.24, 2.45) is 0 Å². The van der Waals surface area contributed by atoms with E-state index in [0.717, 1.165) is 25.7 Å². The number of carbonyl (C=O) groups is 1. The van der Waals surface area contributed by atoms with Gasteiger partial charge in [0.15, 0.2) is 0 Å². The van der Waals surface area contributed by atoms with Crippen LogP contribution in [0.4, 0.5) is 0 Å². The van der Waals surface area contributed by atoms with Crippen LogP contribution in [0.1, 0.15) is 45.4 Å². The molecule has 0 bridgehead atoms. The Balaban J connectivity index is 3.73. The lowest BCUT2D eigenvalue weighted by Gasteiger charge is -2.21. The Kier molecular flexibility index (Phi) is 9.86. The largest absolute Gasteiger partial charge is 0.433 e. The molecule has 0 aromatic rings. The van der Waals surface area contributed by atoms with Crippen LogP contribution in [0.2, 0.25) is 0 Å². The van der Waals surface area contributed by atoms with Gasteiger partial charge < -0.3 is 25.2 Å². The van der Waals surface area contributed by atoms with Gasteiger partial charge in [-0.15, -0.1) is 0 Å². The van der Waals surface area contributed by atoms with Crippen molar-refractivity contribution >= 4 is 5.97 Å². The number of esters is 1. The highest BCUT2D eigenvalue weighted by molar-refractivity contribution is 5.69. The highest BCUT2D eigenvalue weighted by Gasteiger charge is 2.26. The number of hydrogen-bond acceptors (Lipinski definition) is 6. The van der Waals surface area contributed by atoms with E-state index in [2.05, 4.69) is 11.7 Å². The van der Waals surface area contributed by atoms with Gasteiger partial charge in [-0.3, -0.25) is 4.79 Å². The zero-order valence-corrected chi connectivity index (χ0v) is 10.8. The molecule has 0 fully saturated rings. The molecule has 0 aliphatic heterocycles. The summed E-state index contributed by atoms with van der Waals surface area (Å²) in [6, 6.07) is 0. The Hall–Kier alpha value is -0.690. The fraction of sp³-hybridized carbons (Fsp3) is 0.917. The topological polar surface area (TPSA) is 107 Å². The fourth-order valence-electron chi connectivity index (χ4n) is 1.43. The molecule has 6 nitrogen and oxygen atoms in total. The number of unbranched alkanes of at least 4 members (excludes halogenated alkanes) is 4. The molecule has 4 N–H and O–H groups in total. The molecule has 0 rings (SSSR count). The highest BCUT2D eigenvalue weighted by atomic mass is 16.6. The molecule has 108 valence electrons. The van der Waals surface area contributed by atoms with Crippen LogP contribution < -0.4 is 0 Å². The van der Waals surface area contributed by atoms with E-state index in [9.17, 15) is 15.0 Å². The summed E-state index contributed by atoms with van der Waals surface area (Å²) in [6.45, 7) is 1.38. The summed E-state index contributed by atoms with van der Waals surface area (Å²) in [6.07, 6.45) is 0.0195. The first kappa shape index (κ1) is 17.3. The molecule has 0 saturated heterocycles. The van der Waals surface area contributed by atoms with E-state index >= 15 is 0 Å². The van der Waals surface area contributed by atoms with Crippen LogP contribution >= 0.6 is 0 Å². The molecule has 0 aromatic carbocycles. The Morgan fingerprint density at radius 3 is 2.28 bits per heavy atom. The van der Waals surface area contributed by atoms with Crippen molar-refractivity contribution in [3.63, 3.8) is 0 Å². The number of aliphatic hydroxyl groups excluding tert-OH is 4. The van der Waals surface area contributed by atoms with E-state index in [1.165, 1.54) is 0 Å². The Labute approximate surface area is 107 Å². The number of rotatable bonds is 10. The molecule has 0 heterocycles. The Morgan fingerprint density at radius 2 is 1.72 bits per heavy atom. The summed E-state index contributed by atoms with van der Waals surface area (Å²) in [7, 11) is 0. The average Bonchev–Trinajstić information content (AvgIpc) is 2.36. The molecule has 18 heavy (non-hydrogen) atoms. The monoisotopic (exact) mass is 264 g/mol. The lowest BCUT2D eigenvalue weighted by atomic mass is 10.1. The minimum absolute atomic E-state index is 0.169. The summed E-state index contributed by atoms with van der Waals surface area (Å²) in [5, 5.41) is 36.1. The lowest BCUT2D eigenvalue weighted by molar-refractivity contribution is -0.201. The van der Waals surface area contributed by atoms with Gasteiger partial charge >= 0.3 is 5.97 Å². The molecule has 0 amide bonds. The molecule has 3 atom stereocenters. The molecule has 0 saturated carbocycles. The van der Waals surface area contributed by atoms with Crippen molar-refractivity contribution in [3.05, 3.63) is 0 Å². The smallest absolute Gasteiger partial charge is 0.308 e. The molecule has 0 radical (unpaired) electrons. The van der Waals surface area contributed by atoms with Crippen molar-refractivity contribution in [1.82, 2.24) is 0 Å². The summed E-state index contributed by atoms with van der Waals surface area (Å²) in [5.41, 5.74) is 0. The maximum Gasteiger partial charge on any atom is 0.308 e. The van der Waals surface area contributed by atoms with Gasteiger partial charge in [0, 0.05) is 6.42 Å². The predicted octanol–water partition coefficient (Wildman–Crippen LogP) is -0.0774. The second-order valence-corrected chi connectivity index (χ2v) is 4.29. The second-order valence-electron chi connectivity index (χ2n) is 4.29. The normalized spacial score (nSPS) is 16.1. The zero-order valence-electron chi connectivity index (χ0n) is 10.8. The lowest BCUT2D eigenvalue weighted by Crippen LogP contribution is -2.41. The van der Waals surface area contributed by atoms with E-state index in [1.807, 2.05) is 0 Å². The first-order valence-corrected chi connectivity index (χ1v) is 6.37. The van der Waals surface area contributed by atoms with Gasteiger partial charge in [-0.05, 0) is 6.42 Å². The van der Waals surface area contributed by atoms with Crippen molar-refractivity contribution < 1.29 is 30.0 Å². The maximum atomic E-state index is 11.3. The van der Waals surface area contributed by atoms with Crippen LogP contribution in [0.15, 0.2) is 0 Å². The Morgan fingerprint density at radius 1 is 1.11 bits per heavy atom. The second kappa shape index (κ2) is 10.3. The highest BCUT2D eigenvalue weighted by Crippen LogP contribution is 2.08. The van der Waals surface area contributed by atoms with Gasteiger partial charge in [0.1, 0.15) is 12.2 Å². The third-order valence-electron chi connectivity index (χ3n) is 2.61. The molecular formula is C12H24O6. The standard InChI is InChI=1S/C12H24O6/c1-2-3-4-5-6-7-10(15)18-12(17)11(16)9(14)8-13/h9,11-14,16-17H,2-8H2,1H3/t9-,11-,12?/m0/s1. The third-order valence-corrected chi connectivity index (χ3v) is 2.61. The van der Waals surface area contributed by atoms with Crippen LogP contribution in [0.5, 0.6) is 0 Å². The van der Waals surface area contributed by atoms with Gasteiger partial charge in [0.05, 0.1) is 6.61 Å². The van der Waals surface area contributed by atoms with Crippen molar-refractivity contribution in [2.45, 2.75) is 63.9 Å². The zero-order chi connectivity index (χ0) is 14.0. The van der Waals surface area contributed by atoms with Gasteiger partial charge in [0.2, 0.25) is 6.29 Å². The van der Waals surface area contributed by atoms with Crippen LogP contribution in [-0.4, -0.2) is 51.5 Å². The first-order chi connectivity index (χ1) is 8.52. The molecule has 0 aliphatic carbocycles. The minimum Gasteiger partial charge on any atom is -0.433 e. The summed E-state index contributed by atoms with van der Waals surface area (Å²) in [5.74, 6) is -0.622. The fourth-order valence-corrected chi connectivity index (χ4v) is 1.43. The van der Waals surface area contributed by atoms with Crippen molar-refractivity contribution in [3.8, 4) is 0 Å². The van der Waals surface area contributed by atoms with Crippen LogP contribution in [0.3, 0.4) is 0 Å². The number of hydrogen-bond donors (Lipinski definition) is 4. The van der Waals surface area contributed by atoms with Gasteiger partial charge in [-0.2, -0.15) is 0 Å². The number of ether oxygens (including phenoxy) is 1. The Bertz CT molecular complexity index is 221. The van der Waals surface area contributed by atoms with Crippen molar-refractivity contribution in [2.75, 3.05) is 6.61 Å². The number of carbonyl (C=O) groups excluding carboxylic acids is 1. The van der Waals surface area contributed by atoms with E-state index in [0.29, 0.717) is 6.42 Å². The van der Waals surface area contributed by atoms with Gasteiger partial charge in [-0.25, -0.2) is 0 Å². The van der Waals surface area contributed by atoms with E-state index < -0.39 is 31.1 Å². The van der Waals surface area contributed by atoms with Crippen molar-refractivity contribution in [1.29, 1.82) is 0 Å². The van der Waals surface area contributed by atoms with Gasteiger partial charge in [0.25, 0.3) is 0 Å². The maximum absolute atomic E-state index is 11.3. The molecule has 0 aromatic heterocycles. The molecule has 6 heteroatoms. The van der Waals surface area contributed by atoms with E-state index in [-0.39, 0.29) is 6.42 Å². The summed E-state index contributed by atoms with van der Waals surface area (Å²) >= 11 is 0. The van der Waals surface area contributed by atoms with Crippen LogP contribution in [0, 0.1) is 0 Å². The van der Waals surface area contributed by atoms with Crippen LogP contribution in [-0.2, 0) is 9.53 Å². The average molecular weight is 264 g/mol. The SMILES string of the molecule is CCCCCCCC(=O)OC(O)[C@@H](O)[C@@H](O)CO. The quantitative estimate of drug-likeness (QED) is 0.250. The van der Waals surface area contributed by atoms with E-state index in [1.54, 1.807) is 0 Å². The summed E-state index contributed by atoms with van der Waals surface area (Å²) in [4.78, 5) is 11.3. The summed E-state index contributed by atoms with van der Waals surface area (Å²) < 4.78 is 4.54. The molecule has 0 aliphatic rings. The number of aliphatic hydroxyl groups is 4. The first-order valence-electron chi connectivity index (χ1n) is 6.37. The predicted molar refractivity (Wildman–Crippen MR) is 64.6 cm³/mol. The van der Waals surface area contributed by atoms with E-state index in [4.69, 9.17) is 10.2 Å². The van der Waals surface area contributed by atoms with Crippen LogP contribution in [0.25, 0.3) is 0 Å². The molecule has 1 unspecified atom stereocenters.